The van der Waals surface area contributed by atoms with Gasteiger partial charge in [0, 0.05) is 12.8 Å². The summed E-state index contributed by atoms with van der Waals surface area (Å²) in [5, 5.41) is 0. The van der Waals surface area contributed by atoms with Crippen LogP contribution >= 0.6 is 0 Å². The first kappa shape index (κ1) is 8.36. The van der Waals surface area contributed by atoms with Crippen molar-refractivity contribution in [1.29, 1.82) is 0 Å². The molecule has 0 saturated carbocycles. The minimum atomic E-state index is -0.308. The second kappa shape index (κ2) is 4.13. The normalized spacial score (nSPS) is 36.0. The van der Waals surface area contributed by atoms with E-state index in [-0.39, 0.29) is 26.2 Å². The summed E-state index contributed by atoms with van der Waals surface area (Å²) in [6.45, 7) is 0.376. The van der Waals surface area contributed by atoms with Crippen LogP contribution in [-0.2, 0) is 29.0 Å². The molecule has 2 atom stereocenters. The average Bonchev–Trinajstić information content (AvgIpc) is 2.74. The number of hydrogen-bond acceptors (Lipinski definition) is 6. The SMILES string of the molecule is C1OOC(CCC2OCOO2)O1. The van der Waals surface area contributed by atoms with Gasteiger partial charge in [0.1, 0.15) is 0 Å². The third-order valence-corrected chi connectivity index (χ3v) is 1.59. The summed E-state index contributed by atoms with van der Waals surface area (Å²) in [6, 6.07) is 0. The van der Waals surface area contributed by atoms with E-state index in [0.29, 0.717) is 12.8 Å². The molecule has 0 aliphatic carbocycles. The van der Waals surface area contributed by atoms with Gasteiger partial charge in [-0.05, 0) is 0 Å². The van der Waals surface area contributed by atoms with E-state index in [1.54, 1.807) is 0 Å². The Morgan fingerprint density at radius 3 is 1.67 bits per heavy atom. The molecular weight excluding hydrogens is 168 g/mol. The van der Waals surface area contributed by atoms with Crippen LogP contribution in [0.15, 0.2) is 0 Å². The van der Waals surface area contributed by atoms with Gasteiger partial charge in [0.2, 0.25) is 0 Å². The predicted octanol–water partition coefficient (Wildman–Crippen LogP) is 0.291. The monoisotopic (exact) mass is 178 g/mol. The van der Waals surface area contributed by atoms with E-state index in [1.807, 2.05) is 0 Å². The Morgan fingerprint density at radius 1 is 0.833 bits per heavy atom. The van der Waals surface area contributed by atoms with Crippen molar-refractivity contribution in [3.63, 3.8) is 0 Å². The maximum atomic E-state index is 5.02. The molecule has 6 heteroatoms. The second-order valence-corrected chi connectivity index (χ2v) is 2.43. The van der Waals surface area contributed by atoms with Gasteiger partial charge in [0.25, 0.3) is 0 Å². The Kier molecular flexibility index (Phi) is 2.88. The molecule has 70 valence electrons. The number of rotatable bonds is 3. The van der Waals surface area contributed by atoms with Crippen LogP contribution in [0, 0.1) is 0 Å². The molecule has 2 rings (SSSR count). The molecule has 2 aliphatic rings. The van der Waals surface area contributed by atoms with Gasteiger partial charge in [-0.1, -0.05) is 0 Å². The van der Waals surface area contributed by atoms with Gasteiger partial charge in [0.15, 0.2) is 26.2 Å². The van der Waals surface area contributed by atoms with Crippen LogP contribution in [0.3, 0.4) is 0 Å². The molecule has 2 fully saturated rings. The molecule has 0 N–H and O–H groups in total. The van der Waals surface area contributed by atoms with Crippen molar-refractivity contribution in [2.75, 3.05) is 13.6 Å². The fourth-order valence-electron chi connectivity index (χ4n) is 1.01. The highest BCUT2D eigenvalue weighted by atomic mass is 17.3. The Balaban J connectivity index is 1.60. The summed E-state index contributed by atoms with van der Waals surface area (Å²) in [5.41, 5.74) is 0. The van der Waals surface area contributed by atoms with Crippen LogP contribution in [0.2, 0.25) is 0 Å². The van der Waals surface area contributed by atoms with Gasteiger partial charge < -0.3 is 9.47 Å². The first-order valence-electron chi connectivity index (χ1n) is 3.75. The number of hydrogen-bond donors (Lipinski definition) is 0. The predicted molar refractivity (Wildman–Crippen MR) is 33.1 cm³/mol. The molecule has 2 unspecified atom stereocenters. The van der Waals surface area contributed by atoms with Crippen LogP contribution in [0.1, 0.15) is 12.8 Å². The summed E-state index contributed by atoms with van der Waals surface area (Å²) in [6.07, 6.45) is 0.706. The summed E-state index contributed by atoms with van der Waals surface area (Å²) in [4.78, 5) is 18.6. The van der Waals surface area contributed by atoms with E-state index in [1.165, 1.54) is 0 Å². The Hall–Kier alpha value is -0.240. The fourth-order valence-corrected chi connectivity index (χ4v) is 1.01. The lowest BCUT2D eigenvalue weighted by atomic mass is 10.3. The van der Waals surface area contributed by atoms with Crippen molar-refractivity contribution in [2.24, 2.45) is 0 Å². The smallest absolute Gasteiger partial charge is 0.194 e. The van der Waals surface area contributed by atoms with E-state index in [2.05, 4.69) is 9.78 Å². The quantitative estimate of drug-likeness (QED) is 0.579. The molecule has 6 nitrogen and oxygen atoms in total. The van der Waals surface area contributed by atoms with E-state index >= 15 is 0 Å². The van der Waals surface area contributed by atoms with Gasteiger partial charge in [-0.25, -0.2) is 19.6 Å². The van der Waals surface area contributed by atoms with Gasteiger partial charge in [-0.3, -0.25) is 0 Å². The highest BCUT2D eigenvalue weighted by Gasteiger charge is 2.23. The fraction of sp³-hybridized carbons (Fsp3) is 1.00. The van der Waals surface area contributed by atoms with Crippen LogP contribution in [0.5, 0.6) is 0 Å². The molecule has 0 bridgehead atoms. The van der Waals surface area contributed by atoms with Crippen molar-refractivity contribution in [2.45, 2.75) is 25.4 Å². The number of ether oxygens (including phenoxy) is 2. The van der Waals surface area contributed by atoms with Crippen LogP contribution in [0.25, 0.3) is 0 Å². The third-order valence-electron chi connectivity index (χ3n) is 1.59. The molecule has 12 heavy (non-hydrogen) atoms. The van der Waals surface area contributed by atoms with Gasteiger partial charge in [-0.2, -0.15) is 0 Å². The topological polar surface area (TPSA) is 55.4 Å². The van der Waals surface area contributed by atoms with E-state index in [9.17, 15) is 0 Å². The lowest BCUT2D eigenvalue weighted by molar-refractivity contribution is -0.290. The highest BCUT2D eigenvalue weighted by Crippen LogP contribution is 2.17. The third kappa shape index (κ3) is 2.13. The molecule has 0 aromatic heterocycles. The minimum absolute atomic E-state index is 0.188. The van der Waals surface area contributed by atoms with Gasteiger partial charge in [0.05, 0.1) is 0 Å². The molecule has 0 spiro atoms. The molecule has 2 heterocycles. The molecule has 0 aromatic rings. The Bertz CT molecular complexity index is 112. The summed E-state index contributed by atoms with van der Waals surface area (Å²) in [5.74, 6) is 0. The van der Waals surface area contributed by atoms with Crippen molar-refractivity contribution < 1.29 is 29.0 Å². The first-order chi connectivity index (χ1) is 5.95. The van der Waals surface area contributed by atoms with Crippen LogP contribution < -0.4 is 0 Å². The van der Waals surface area contributed by atoms with E-state index in [4.69, 9.17) is 19.2 Å². The Morgan fingerprint density at radius 2 is 1.33 bits per heavy atom. The maximum absolute atomic E-state index is 5.02. The van der Waals surface area contributed by atoms with Crippen molar-refractivity contribution in [1.82, 2.24) is 0 Å². The molecular formula is C6H10O6. The molecule has 2 aliphatic heterocycles. The average molecular weight is 178 g/mol. The maximum Gasteiger partial charge on any atom is 0.194 e. The van der Waals surface area contributed by atoms with Gasteiger partial charge in [-0.15, -0.1) is 0 Å². The second-order valence-electron chi connectivity index (χ2n) is 2.43. The molecule has 0 radical (unpaired) electrons. The zero-order valence-corrected chi connectivity index (χ0v) is 6.43. The molecule has 0 amide bonds. The lowest BCUT2D eigenvalue weighted by Crippen LogP contribution is -2.14. The standard InChI is InChI=1S/C6H10O6/c1(5-7-3-9-11-5)2-6-8-4-10-12-6/h5-6H,1-4H2. The van der Waals surface area contributed by atoms with Crippen molar-refractivity contribution in [3.8, 4) is 0 Å². The Labute approximate surface area is 69.1 Å². The molecule has 2 saturated heterocycles. The van der Waals surface area contributed by atoms with Crippen molar-refractivity contribution >= 4 is 0 Å². The van der Waals surface area contributed by atoms with E-state index < -0.39 is 0 Å². The summed E-state index contributed by atoms with van der Waals surface area (Å²) in [7, 11) is 0. The van der Waals surface area contributed by atoms with Crippen molar-refractivity contribution in [3.05, 3.63) is 0 Å². The zero-order valence-electron chi connectivity index (χ0n) is 6.43. The van der Waals surface area contributed by atoms with Crippen LogP contribution in [0.4, 0.5) is 0 Å². The summed E-state index contributed by atoms with van der Waals surface area (Å²) >= 11 is 0. The largest absolute Gasteiger partial charge is 0.320 e. The van der Waals surface area contributed by atoms with Gasteiger partial charge >= 0.3 is 0 Å². The zero-order chi connectivity index (χ0) is 8.23. The lowest BCUT2D eigenvalue weighted by Gasteiger charge is -2.08. The van der Waals surface area contributed by atoms with Crippen LogP contribution in [-0.4, -0.2) is 26.2 Å². The van der Waals surface area contributed by atoms with E-state index in [0.717, 1.165) is 0 Å². The minimum Gasteiger partial charge on any atom is -0.320 e. The molecule has 0 aromatic carbocycles. The highest BCUT2D eigenvalue weighted by molar-refractivity contribution is 4.50. The first-order valence-corrected chi connectivity index (χ1v) is 3.75. The summed E-state index contributed by atoms with van der Waals surface area (Å²) < 4.78 is 10.0.